The van der Waals surface area contributed by atoms with E-state index < -0.39 is 36.0 Å². The molecule has 0 atom stereocenters. The van der Waals surface area contributed by atoms with Crippen LogP contribution in [0.3, 0.4) is 0 Å². The molecule has 2 N–H and O–H groups in total. The third kappa shape index (κ3) is 2.11. The van der Waals surface area contributed by atoms with Crippen LogP contribution >= 0.6 is 0 Å². The molecule has 0 aromatic carbocycles. The normalized spacial score (nSPS) is 22.0. The largest absolute Gasteiger partial charge is 0.416 e. The maximum Gasteiger partial charge on any atom is 0.416 e. The van der Waals surface area contributed by atoms with Crippen LogP contribution in [-0.2, 0) is 11.7 Å². The molecule has 1 aromatic heterocycles. The molecule has 0 aliphatic heterocycles. The van der Waals surface area contributed by atoms with Gasteiger partial charge in [-0.05, 0) is 6.07 Å². The fraction of sp³-hybridized carbons (Fsp3) is 0.500. The van der Waals surface area contributed by atoms with E-state index in [-0.39, 0.29) is 5.56 Å². The summed E-state index contributed by atoms with van der Waals surface area (Å²) in [5.74, 6) is -2.99. The van der Waals surface area contributed by atoms with Gasteiger partial charge in [0.1, 0.15) is 0 Å². The molecule has 1 aromatic rings. The van der Waals surface area contributed by atoms with Crippen molar-refractivity contribution in [3.8, 4) is 0 Å². The van der Waals surface area contributed by atoms with Crippen molar-refractivity contribution in [2.24, 2.45) is 5.73 Å². The molecular weight excluding hydrogens is 243 g/mol. The fourth-order valence-corrected chi connectivity index (χ4v) is 2.10. The summed E-state index contributed by atoms with van der Waals surface area (Å²) in [5.41, 5.74) is 2.58. The quantitative estimate of drug-likeness (QED) is 0.780. The van der Waals surface area contributed by atoms with Crippen LogP contribution in [0.25, 0.3) is 0 Å². The minimum absolute atomic E-state index is 0.363. The monoisotopic (exact) mass is 252 g/mol. The minimum Gasteiger partial charge on any atom is -0.321 e. The molecule has 2 rings (SSSR count). The first-order valence-corrected chi connectivity index (χ1v) is 4.82. The summed E-state index contributed by atoms with van der Waals surface area (Å²) in [4.78, 5) is 3.53. The number of halogens is 5. The van der Waals surface area contributed by atoms with Gasteiger partial charge in [0.2, 0.25) is 0 Å². The van der Waals surface area contributed by atoms with E-state index in [9.17, 15) is 22.0 Å². The van der Waals surface area contributed by atoms with E-state index in [1.54, 1.807) is 0 Å². The Bertz CT molecular complexity index is 433. The lowest BCUT2D eigenvalue weighted by Crippen LogP contribution is -2.56. The van der Waals surface area contributed by atoms with Crippen LogP contribution in [0.15, 0.2) is 18.5 Å². The van der Waals surface area contributed by atoms with Gasteiger partial charge in [-0.25, -0.2) is 8.78 Å². The van der Waals surface area contributed by atoms with E-state index >= 15 is 0 Å². The van der Waals surface area contributed by atoms with E-state index in [4.69, 9.17) is 5.73 Å². The summed E-state index contributed by atoms with van der Waals surface area (Å²) < 4.78 is 63.5. The molecule has 0 bridgehead atoms. The highest BCUT2D eigenvalue weighted by Crippen LogP contribution is 2.51. The van der Waals surface area contributed by atoms with Crippen LogP contribution in [-0.4, -0.2) is 10.9 Å². The standard InChI is InChI=1S/C10H9F5N2/c11-9(12)4-8(16,5-9)7-3-17-2-1-6(7)10(13,14)15/h1-3H,4-5,16H2. The SMILES string of the molecule is NC1(c2cnccc2C(F)(F)F)CC(F)(F)C1. The first-order chi connectivity index (χ1) is 7.64. The molecule has 1 aliphatic rings. The van der Waals surface area contributed by atoms with Crippen molar-refractivity contribution < 1.29 is 22.0 Å². The number of rotatable bonds is 1. The van der Waals surface area contributed by atoms with E-state index in [2.05, 4.69) is 4.98 Å². The van der Waals surface area contributed by atoms with E-state index in [0.717, 1.165) is 18.5 Å². The molecule has 0 radical (unpaired) electrons. The smallest absolute Gasteiger partial charge is 0.321 e. The van der Waals surface area contributed by atoms with Gasteiger partial charge in [-0.15, -0.1) is 0 Å². The zero-order valence-electron chi connectivity index (χ0n) is 8.56. The summed E-state index contributed by atoms with van der Waals surface area (Å²) in [6, 6.07) is 0.750. The molecule has 17 heavy (non-hydrogen) atoms. The zero-order valence-corrected chi connectivity index (χ0v) is 8.56. The van der Waals surface area contributed by atoms with E-state index in [1.807, 2.05) is 0 Å². The number of nitrogens with zero attached hydrogens (tertiary/aromatic N) is 1. The second kappa shape index (κ2) is 3.38. The Morgan fingerprint density at radius 1 is 1.24 bits per heavy atom. The Balaban J connectivity index is 2.41. The van der Waals surface area contributed by atoms with Gasteiger partial charge in [-0.2, -0.15) is 13.2 Å². The number of hydrogen-bond acceptors (Lipinski definition) is 2. The third-order valence-electron chi connectivity index (χ3n) is 2.81. The highest BCUT2D eigenvalue weighted by molar-refractivity contribution is 5.36. The predicted octanol–water partition coefficient (Wildman–Crippen LogP) is 2.68. The maximum atomic E-state index is 12.8. The molecule has 2 nitrogen and oxygen atoms in total. The summed E-state index contributed by atoms with van der Waals surface area (Å²) in [5, 5.41) is 0. The maximum absolute atomic E-state index is 12.8. The third-order valence-corrected chi connectivity index (χ3v) is 2.81. The Kier molecular flexibility index (Phi) is 2.43. The van der Waals surface area contributed by atoms with E-state index in [1.165, 1.54) is 0 Å². The summed E-state index contributed by atoms with van der Waals surface area (Å²) in [6.45, 7) is 0. The Morgan fingerprint density at radius 2 is 1.82 bits per heavy atom. The van der Waals surface area contributed by atoms with Gasteiger partial charge in [-0.1, -0.05) is 0 Å². The Labute approximate surface area is 93.6 Å². The van der Waals surface area contributed by atoms with Crippen LogP contribution in [0.2, 0.25) is 0 Å². The average Bonchev–Trinajstić information content (AvgIpc) is 2.13. The highest BCUT2D eigenvalue weighted by Gasteiger charge is 2.57. The fourth-order valence-electron chi connectivity index (χ4n) is 2.10. The van der Waals surface area contributed by atoms with Gasteiger partial charge < -0.3 is 5.73 Å². The number of aromatic nitrogens is 1. The molecular formula is C10H9F5N2. The van der Waals surface area contributed by atoms with Crippen LogP contribution in [0.4, 0.5) is 22.0 Å². The van der Waals surface area contributed by atoms with Gasteiger partial charge in [0, 0.05) is 30.8 Å². The molecule has 0 saturated heterocycles. The van der Waals surface area contributed by atoms with Gasteiger partial charge >= 0.3 is 6.18 Å². The predicted molar refractivity (Wildman–Crippen MR) is 49.3 cm³/mol. The van der Waals surface area contributed by atoms with Gasteiger partial charge in [0.05, 0.1) is 11.1 Å². The van der Waals surface area contributed by atoms with Crippen LogP contribution in [0.1, 0.15) is 24.0 Å². The second-order valence-electron chi connectivity index (χ2n) is 4.28. The number of pyridine rings is 1. The lowest BCUT2D eigenvalue weighted by molar-refractivity contribution is -0.147. The molecule has 1 heterocycles. The first-order valence-electron chi connectivity index (χ1n) is 4.82. The summed E-state index contributed by atoms with van der Waals surface area (Å²) in [6.07, 6.45) is -4.30. The summed E-state index contributed by atoms with van der Waals surface area (Å²) in [7, 11) is 0. The molecule has 94 valence electrons. The lowest BCUT2D eigenvalue weighted by atomic mass is 9.69. The summed E-state index contributed by atoms with van der Waals surface area (Å²) >= 11 is 0. The van der Waals surface area contributed by atoms with Crippen molar-refractivity contribution in [2.45, 2.75) is 30.5 Å². The molecule has 0 unspecified atom stereocenters. The number of hydrogen-bond donors (Lipinski definition) is 1. The topological polar surface area (TPSA) is 38.9 Å². The average molecular weight is 252 g/mol. The lowest BCUT2D eigenvalue weighted by Gasteiger charge is -2.45. The first kappa shape index (κ1) is 12.2. The van der Waals surface area contributed by atoms with Gasteiger partial charge in [0.15, 0.2) is 0 Å². The van der Waals surface area contributed by atoms with Crippen molar-refractivity contribution in [1.29, 1.82) is 0 Å². The van der Waals surface area contributed by atoms with E-state index in [0.29, 0.717) is 0 Å². The van der Waals surface area contributed by atoms with Gasteiger partial charge in [-0.3, -0.25) is 4.98 Å². The molecule has 0 spiro atoms. The molecule has 1 saturated carbocycles. The second-order valence-corrected chi connectivity index (χ2v) is 4.28. The minimum atomic E-state index is -4.62. The van der Waals surface area contributed by atoms with Crippen LogP contribution in [0, 0.1) is 0 Å². The van der Waals surface area contributed by atoms with Crippen molar-refractivity contribution >= 4 is 0 Å². The Morgan fingerprint density at radius 3 is 2.29 bits per heavy atom. The molecule has 0 amide bonds. The molecule has 1 aliphatic carbocycles. The van der Waals surface area contributed by atoms with Crippen LogP contribution in [0.5, 0.6) is 0 Å². The zero-order chi connectivity index (χ0) is 12.9. The van der Waals surface area contributed by atoms with Crippen molar-refractivity contribution in [3.05, 3.63) is 29.6 Å². The molecule has 7 heteroatoms. The van der Waals surface area contributed by atoms with Crippen molar-refractivity contribution in [1.82, 2.24) is 4.98 Å². The van der Waals surface area contributed by atoms with Gasteiger partial charge in [0.25, 0.3) is 5.92 Å². The number of nitrogens with two attached hydrogens (primary N) is 1. The van der Waals surface area contributed by atoms with Crippen molar-refractivity contribution in [2.75, 3.05) is 0 Å². The highest BCUT2D eigenvalue weighted by atomic mass is 19.4. The Hall–Kier alpha value is -1.24. The number of alkyl halides is 5. The van der Waals surface area contributed by atoms with Crippen molar-refractivity contribution in [3.63, 3.8) is 0 Å². The van der Waals surface area contributed by atoms with Crippen LogP contribution < -0.4 is 5.73 Å². The molecule has 1 fully saturated rings.